The molecule has 130 valence electrons. The summed E-state index contributed by atoms with van der Waals surface area (Å²) >= 11 is 3.24. The third-order valence-electron chi connectivity index (χ3n) is 4.39. The van der Waals surface area contributed by atoms with Crippen LogP contribution in [0.5, 0.6) is 5.75 Å². The molecule has 0 heterocycles. The summed E-state index contributed by atoms with van der Waals surface area (Å²) in [6.45, 7) is 10.7. The number of alkyl halides is 1. The molecule has 0 unspecified atom stereocenters. The molecule has 0 bridgehead atoms. The molecule has 0 aliphatic rings. The fourth-order valence-corrected chi connectivity index (χ4v) is 3.07. The highest BCUT2D eigenvalue weighted by Crippen LogP contribution is 2.26. The second kappa shape index (κ2) is 9.25. The maximum Gasteiger partial charge on any atom is 0.279 e. The molecule has 0 aliphatic carbocycles. The minimum absolute atomic E-state index is 0.0255. The number of anilines is 1. The second-order valence-corrected chi connectivity index (χ2v) is 6.27. The Morgan fingerprint density at radius 3 is 2.26 bits per heavy atom. The van der Waals surface area contributed by atoms with E-state index in [0.717, 1.165) is 35.7 Å². The molecule has 0 aromatic heterocycles. The van der Waals surface area contributed by atoms with Crippen LogP contribution in [0.3, 0.4) is 0 Å². The fraction of sp³-hybridized carbons (Fsp3) is 0.588. The van der Waals surface area contributed by atoms with Gasteiger partial charge in [0.25, 0.3) is 5.91 Å². The molecular weight excluding hydrogens is 360 g/mol. The van der Waals surface area contributed by atoms with Crippen molar-refractivity contribution < 1.29 is 19.1 Å². The van der Waals surface area contributed by atoms with Gasteiger partial charge in [-0.25, -0.2) is 0 Å². The molecule has 1 amide bonds. The molecule has 23 heavy (non-hydrogen) atoms. The number of rotatable bonds is 9. The Balaban J connectivity index is 2.88. The number of aryl methyl sites for hydroxylation is 2. The number of carbonyl (C=O) groups is 1. The quantitative estimate of drug-likeness (QED) is 0.505. The molecule has 2 N–H and O–H groups in total. The van der Waals surface area contributed by atoms with Gasteiger partial charge in [-0.3, -0.25) is 4.79 Å². The van der Waals surface area contributed by atoms with Gasteiger partial charge in [-0.05, 0) is 66.9 Å². The van der Waals surface area contributed by atoms with E-state index < -0.39 is 0 Å². The zero-order valence-electron chi connectivity index (χ0n) is 14.5. The standard InChI is InChI=1S/C17H27BrN2O3/c1-5-20(6-2,7-8-21)11-16(22)19-17-13(3)9-15(23-12-18)10-14(17)4/h9-10,21H,5-8,11-12H2,1-4H3/p+1. The number of hydrogen-bond donors (Lipinski definition) is 2. The normalized spacial score (nSPS) is 11.4. The Hall–Kier alpha value is -1.11. The largest absolute Gasteiger partial charge is 0.482 e. The number of amides is 1. The summed E-state index contributed by atoms with van der Waals surface area (Å²) in [7, 11) is 0. The number of nitrogens with zero attached hydrogens (tertiary/aromatic N) is 1. The first-order valence-corrected chi connectivity index (χ1v) is 9.09. The summed E-state index contributed by atoms with van der Waals surface area (Å²) < 4.78 is 6.04. The zero-order valence-corrected chi connectivity index (χ0v) is 16.1. The highest BCUT2D eigenvalue weighted by Gasteiger charge is 2.26. The van der Waals surface area contributed by atoms with Crippen LogP contribution in [-0.2, 0) is 4.79 Å². The molecule has 0 atom stereocenters. The first kappa shape index (κ1) is 19.9. The topological polar surface area (TPSA) is 58.6 Å². The summed E-state index contributed by atoms with van der Waals surface area (Å²) in [5.41, 5.74) is 3.22. The van der Waals surface area contributed by atoms with E-state index >= 15 is 0 Å². The van der Waals surface area contributed by atoms with Crippen molar-refractivity contribution in [3.63, 3.8) is 0 Å². The van der Waals surface area contributed by atoms with Gasteiger partial charge in [-0.15, -0.1) is 0 Å². The molecule has 1 rings (SSSR count). The van der Waals surface area contributed by atoms with Gasteiger partial charge >= 0.3 is 0 Å². The van der Waals surface area contributed by atoms with Crippen molar-refractivity contribution in [3.8, 4) is 5.75 Å². The van der Waals surface area contributed by atoms with Gasteiger partial charge in [0.1, 0.15) is 17.8 Å². The first-order valence-electron chi connectivity index (χ1n) is 7.97. The van der Waals surface area contributed by atoms with E-state index in [1.54, 1.807) is 0 Å². The fourth-order valence-electron chi connectivity index (χ4n) is 2.81. The SMILES string of the molecule is CC[N+](CC)(CCO)CC(=O)Nc1c(C)cc(OCBr)cc1C. The smallest absolute Gasteiger partial charge is 0.279 e. The van der Waals surface area contributed by atoms with Crippen LogP contribution >= 0.6 is 15.9 Å². The Bertz CT molecular complexity index is 508. The van der Waals surface area contributed by atoms with Gasteiger partial charge in [-0.2, -0.15) is 0 Å². The van der Waals surface area contributed by atoms with E-state index in [0.29, 0.717) is 23.1 Å². The molecule has 1 aromatic rings. The molecule has 5 nitrogen and oxygen atoms in total. The van der Waals surface area contributed by atoms with Crippen LogP contribution in [0.25, 0.3) is 0 Å². The summed E-state index contributed by atoms with van der Waals surface area (Å²) in [6, 6.07) is 3.83. The van der Waals surface area contributed by atoms with Crippen molar-refractivity contribution in [2.45, 2.75) is 27.7 Å². The Morgan fingerprint density at radius 2 is 1.83 bits per heavy atom. The maximum atomic E-state index is 12.5. The summed E-state index contributed by atoms with van der Waals surface area (Å²) in [4.78, 5) is 12.5. The van der Waals surface area contributed by atoms with E-state index in [2.05, 4.69) is 35.1 Å². The van der Waals surface area contributed by atoms with Gasteiger partial charge in [0.05, 0.1) is 19.7 Å². The Morgan fingerprint density at radius 1 is 1.26 bits per heavy atom. The van der Waals surface area contributed by atoms with E-state index in [1.165, 1.54) is 0 Å². The van der Waals surface area contributed by atoms with E-state index in [4.69, 9.17) is 4.74 Å². The minimum atomic E-state index is -0.0255. The van der Waals surface area contributed by atoms with Gasteiger partial charge in [0.2, 0.25) is 0 Å². The molecule has 0 saturated heterocycles. The number of quaternary nitrogens is 1. The monoisotopic (exact) mass is 387 g/mol. The lowest BCUT2D eigenvalue weighted by molar-refractivity contribution is -0.917. The number of nitrogens with one attached hydrogen (secondary N) is 1. The number of halogens is 1. The van der Waals surface area contributed by atoms with Crippen LogP contribution in [-0.4, -0.2) is 53.8 Å². The van der Waals surface area contributed by atoms with Gasteiger partial charge in [0, 0.05) is 5.69 Å². The van der Waals surface area contributed by atoms with Crippen LogP contribution < -0.4 is 10.1 Å². The molecule has 0 radical (unpaired) electrons. The molecule has 0 aliphatic heterocycles. The van der Waals surface area contributed by atoms with Gasteiger partial charge < -0.3 is 19.6 Å². The maximum absolute atomic E-state index is 12.5. The molecule has 6 heteroatoms. The zero-order chi connectivity index (χ0) is 17.5. The highest BCUT2D eigenvalue weighted by atomic mass is 79.9. The van der Waals surface area contributed by atoms with Crippen molar-refractivity contribution in [1.29, 1.82) is 0 Å². The van der Waals surface area contributed by atoms with Crippen molar-refractivity contribution >= 4 is 27.5 Å². The van der Waals surface area contributed by atoms with Crippen molar-refractivity contribution in [2.24, 2.45) is 0 Å². The summed E-state index contributed by atoms with van der Waals surface area (Å²) in [5, 5.41) is 12.3. The average molecular weight is 388 g/mol. The molecule has 0 saturated carbocycles. The van der Waals surface area contributed by atoms with E-state index in [-0.39, 0.29) is 12.5 Å². The molecule has 0 spiro atoms. The molecular formula is C17H28BrN2O3+. The van der Waals surface area contributed by atoms with Crippen LogP contribution in [0.1, 0.15) is 25.0 Å². The minimum Gasteiger partial charge on any atom is -0.482 e. The lowest BCUT2D eigenvalue weighted by Crippen LogP contribution is -2.53. The Labute approximate surface area is 147 Å². The average Bonchev–Trinajstić information content (AvgIpc) is 2.51. The first-order chi connectivity index (χ1) is 10.9. The third-order valence-corrected chi connectivity index (χ3v) is 4.62. The number of benzene rings is 1. The van der Waals surface area contributed by atoms with E-state index in [1.807, 2.05) is 26.0 Å². The summed E-state index contributed by atoms with van der Waals surface area (Å²) in [5.74, 6) is 0.755. The van der Waals surface area contributed by atoms with E-state index in [9.17, 15) is 9.90 Å². The van der Waals surface area contributed by atoms with Crippen LogP contribution in [0.4, 0.5) is 5.69 Å². The van der Waals surface area contributed by atoms with Gasteiger partial charge in [-0.1, -0.05) is 0 Å². The van der Waals surface area contributed by atoms with Crippen molar-refractivity contribution in [2.75, 3.05) is 43.6 Å². The van der Waals surface area contributed by atoms with Crippen molar-refractivity contribution in [3.05, 3.63) is 23.3 Å². The van der Waals surface area contributed by atoms with Crippen molar-refractivity contribution in [1.82, 2.24) is 0 Å². The number of hydrogen-bond acceptors (Lipinski definition) is 3. The third kappa shape index (κ3) is 5.48. The summed E-state index contributed by atoms with van der Waals surface area (Å²) in [6.07, 6.45) is 0. The predicted octanol–water partition coefficient (Wildman–Crippen LogP) is 2.82. The van der Waals surface area contributed by atoms with Crippen LogP contribution in [0, 0.1) is 13.8 Å². The second-order valence-electron chi connectivity index (χ2n) is 5.81. The van der Waals surface area contributed by atoms with Gasteiger partial charge in [0.15, 0.2) is 6.54 Å². The molecule has 1 aromatic carbocycles. The highest BCUT2D eigenvalue weighted by molar-refractivity contribution is 9.09. The van der Waals surface area contributed by atoms with Crippen LogP contribution in [0.15, 0.2) is 12.1 Å². The Kier molecular flexibility index (Phi) is 8.02. The number of likely N-dealkylation sites (N-methyl/N-ethyl adjacent to an activating group) is 1. The lowest BCUT2D eigenvalue weighted by Gasteiger charge is -2.35. The number of aliphatic hydroxyl groups is 1. The number of aliphatic hydroxyl groups excluding tert-OH is 1. The van der Waals surface area contributed by atoms with Crippen LogP contribution in [0.2, 0.25) is 0 Å². The number of ether oxygens (including phenoxy) is 1. The lowest BCUT2D eigenvalue weighted by atomic mass is 10.1. The molecule has 0 fully saturated rings. The predicted molar refractivity (Wildman–Crippen MR) is 97.1 cm³/mol. The number of carbonyl (C=O) groups excluding carboxylic acids is 1.